The van der Waals surface area contributed by atoms with Gasteiger partial charge in [0, 0.05) is 34.7 Å². The molecule has 0 unspecified atom stereocenters. The van der Waals surface area contributed by atoms with Crippen molar-refractivity contribution in [2.45, 2.75) is 58.5 Å². The van der Waals surface area contributed by atoms with E-state index in [1.807, 2.05) is 32.0 Å². The van der Waals surface area contributed by atoms with Gasteiger partial charge < -0.3 is 4.98 Å². The average Bonchev–Trinajstić information content (AvgIpc) is 2.53. The summed E-state index contributed by atoms with van der Waals surface area (Å²) in [6, 6.07) is 6.68. The van der Waals surface area contributed by atoms with E-state index in [-0.39, 0.29) is 5.43 Å². The molecule has 0 saturated heterocycles. The number of H-pyrrole nitrogens is 1. The second kappa shape index (κ2) is 6.25. The molecule has 0 bridgehead atoms. The van der Waals surface area contributed by atoms with Gasteiger partial charge in [-0.25, -0.2) is 0 Å². The van der Waals surface area contributed by atoms with E-state index in [0.29, 0.717) is 6.04 Å². The summed E-state index contributed by atoms with van der Waals surface area (Å²) in [6.45, 7) is 4.80. The van der Waals surface area contributed by atoms with Crippen LogP contribution in [0, 0.1) is 13.8 Å². The maximum atomic E-state index is 12.9. The van der Waals surface area contributed by atoms with Crippen LogP contribution in [0.2, 0.25) is 0 Å². The highest BCUT2D eigenvalue weighted by atomic mass is 16.1. The van der Waals surface area contributed by atoms with Gasteiger partial charge in [-0.1, -0.05) is 30.9 Å². The zero-order valence-electron chi connectivity index (χ0n) is 13.9. The number of hydrogen-bond acceptors (Lipinski definition) is 2. The summed E-state index contributed by atoms with van der Waals surface area (Å²) in [5, 5.41) is 0.817. The van der Waals surface area contributed by atoms with Gasteiger partial charge in [-0.05, 0) is 45.9 Å². The van der Waals surface area contributed by atoms with E-state index in [2.05, 4.69) is 16.9 Å². The van der Waals surface area contributed by atoms with Gasteiger partial charge in [0.1, 0.15) is 0 Å². The third-order valence-electron chi connectivity index (χ3n) is 5.07. The lowest BCUT2D eigenvalue weighted by atomic mass is 9.94. The van der Waals surface area contributed by atoms with Gasteiger partial charge in [0.05, 0.1) is 0 Å². The summed E-state index contributed by atoms with van der Waals surface area (Å²) in [7, 11) is 2.16. The molecule has 1 aromatic heterocycles. The first-order chi connectivity index (χ1) is 10.6. The molecule has 1 heterocycles. The molecule has 0 spiro atoms. The maximum absolute atomic E-state index is 12.9. The van der Waals surface area contributed by atoms with Crippen LogP contribution in [-0.4, -0.2) is 23.0 Å². The third kappa shape index (κ3) is 2.95. The molecule has 0 aliphatic heterocycles. The van der Waals surface area contributed by atoms with E-state index in [4.69, 9.17) is 0 Å². The molecule has 0 amide bonds. The zero-order chi connectivity index (χ0) is 15.7. The highest BCUT2D eigenvalue weighted by Crippen LogP contribution is 2.23. The summed E-state index contributed by atoms with van der Waals surface area (Å²) in [5.41, 5.74) is 4.19. The van der Waals surface area contributed by atoms with Crippen LogP contribution in [0.3, 0.4) is 0 Å². The lowest BCUT2D eigenvalue weighted by Crippen LogP contribution is -2.34. The smallest absolute Gasteiger partial charge is 0.194 e. The van der Waals surface area contributed by atoms with E-state index >= 15 is 0 Å². The van der Waals surface area contributed by atoms with Gasteiger partial charge in [-0.2, -0.15) is 0 Å². The molecule has 2 aromatic rings. The summed E-state index contributed by atoms with van der Waals surface area (Å²) in [4.78, 5) is 18.7. The van der Waals surface area contributed by atoms with Crippen LogP contribution in [0.1, 0.15) is 48.9 Å². The molecule has 1 aromatic carbocycles. The van der Waals surface area contributed by atoms with Crippen LogP contribution in [0.25, 0.3) is 10.9 Å². The quantitative estimate of drug-likeness (QED) is 0.932. The topological polar surface area (TPSA) is 36.1 Å². The van der Waals surface area contributed by atoms with Crippen LogP contribution in [0.4, 0.5) is 0 Å². The highest BCUT2D eigenvalue weighted by molar-refractivity contribution is 5.80. The van der Waals surface area contributed by atoms with Gasteiger partial charge in [-0.3, -0.25) is 9.69 Å². The first-order valence-corrected chi connectivity index (χ1v) is 8.38. The van der Waals surface area contributed by atoms with Crippen LogP contribution < -0.4 is 5.43 Å². The molecule has 118 valence electrons. The number of benzene rings is 1. The zero-order valence-corrected chi connectivity index (χ0v) is 13.9. The lowest BCUT2D eigenvalue weighted by Gasteiger charge is -2.31. The van der Waals surface area contributed by atoms with Crippen LogP contribution in [-0.2, 0) is 6.54 Å². The summed E-state index contributed by atoms with van der Waals surface area (Å²) in [5.74, 6) is 0. The number of nitrogens with one attached hydrogen (secondary N) is 1. The number of pyridine rings is 1. The van der Waals surface area contributed by atoms with Crippen molar-refractivity contribution >= 4 is 10.9 Å². The highest BCUT2D eigenvalue weighted by Gasteiger charge is 2.20. The van der Waals surface area contributed by atoms with Crippen LogP contribution >= 0.6 is 0 Å². The van der Waals surface area contributed by atoms with Crippen LogP contribution in [0.15, 0.2) is 23.0 Å². The Morgan fingerprint density at radius 3 is 2.64 bits per heavy atom. The molecule has 3 heteroatoms. The Balaban J connectivity index is 1.94. The van der Waals surface area contributed by atoms with E-state index in [0.717, 1.165) is 34.3 Å². The van der Waals surface area contributed by atoms with Gasteiger partial charge >= 0.3 is 0 Å². The minimum absolute atomic E-state index is 0.192. The second-order valence-electron chi connectivity index (χ2n) is 6.81. The average molecular weight is 298 g/mol. The van der Waals surface area contributed by atoms with Crippen molar-refractivity contribution in [3.8, 4) is 0 Å². The summed E-state index contributed by atoms with van der Waals surface area (Å²) >= 11 is 0. The summed E-state index contributed by atoms with van der Waals surface area (Å²) < 4.78 is 0. The number of rotatable bonds is 3. The standard InChI is InChI=1S/C19H26N2O/c1-13-9-10-18-16(11-13)19(22)17(14(2)20-18)12-21(3)15-7-5-4-6-8-15/h9-11,15H,4-8,12H2,1-3H3,(H,20,22). The third-order valence-corrected chi connectivity index (χ3v) is 5.07. The van der Waals surface area contributed by atoms with Crippen molar-refractivity contribution in [2.24, 2.45) is 0 Å². The Hall–Kier alpha value is -1.61. The van der Waals surface area contributed by atoms with Gasteiger partial charge in [0.25, 0.3) is 0 Å². The van der Waals surface area contributed by atoms with Crippen LogP contribution in [0.5, 0.6) is 0 Å². The van der Waals surface area contributed by atoms with Gasteiger partial charge in [-0.15, -0.1) is 0 Å². The normalized spacial score (nSPS) is 16.5. The molecule has 1 saturated carbocycles. The fourth-order valence-electron chi connectivity index (χ4n) is 3.66. The van der Waals surface area contributed by atoms with Crippen molar-refractivity contribution in [1.29, 1.82) is 0 Å². The van der Waals surface area contributed by atoms with Crippen molar-refractivity contribution in [1.82, 2.24) is 9.88 Å². The minimum atomic E-state index is 0.192. The lowest BCUT2D eigenvalue weighted by molar-refractivity contribution is 0.184. The first kappa shape index (κ1) is 15.3. The molecule has 1 fully saturated rings. The number of fused-ring (bicyclic) bond motifs is 1. The molecular weight excluding hydrogens is 272 g/mol. The second-order valence-corrected chi connectivity index (χ2v) is 6.81. The molecule has 1 aliphatic carbocycles. The van der Waals surface area contributed by atoms with Crippen molar-refractivity contribution in [3.63, 3.8) is 0 Å². The van der Waals surface area contributed by atoms with Gasteiger partial charge in [0.2, 0.25) is 0 Å². The number of nitrogens with zero attached hydrogens (tertiary/aromatic N) is 1. The predicted molar refractivity (Wildman–Crippen MR) is 92.4 cm³/mol. The van der Waals surface area contributed by atoms with Crippen molar-refractivity contribution in [3.05, 3.63) is 45.2 Å². The molecular formula is C19H26N2O. The van der Waals surface area contributed by atoms with E-state index in [9.17, 15) is 4.79 Å². The number of aromatic nitrogens is 1. The number of aromatic amines is 1. The molecule has 1 aliphatic rings. The first-order valence-electron chi connectivity index (χ1n) is 8.38. The Morgan fingerprint density at radius 2 is 1.91 bits per heavy atom. The fraction of sp³-hybridized carbons (Fsp3) is 0.526. The predicted octanol–water partition coefficient (Wildman–Crippen LogP) is 3.91. The van der Waals surface area contributed by atoms with E-state index in [1.54, 1.807) is 0 Å². The van der Waals surface area contributed by atoms with Crippen molar-refractivity contribution in [2.75, 3.05) is 7.05 Å². The number of aryl methyl sites for hydroxylation is 2. The maximum Gasteiger partial charge on any atom is 0.194 e. The molecule has 0 atom stereocenters. The largest absolute Gasteiger partial charge is 0.358 e. The summed E-state index contributed by atoms with van der Waals surface area (Å²) in [6.07, 6.45) is 6.53. The fourth-order valence-corrected chi connectivity index (χ4v) is 3.66. The Labute approximate surface area is 132 Å². The Morgan fingerprint density at radius 1 is 1.18 bits per heavy atom. The molecule has 0 radical (unpaired) electrons. The van der Waals surface area contributed by atoms with Crippen molar-refractivity contribution < 1.29 is 0 Å². The van der Waals surface area contributed by atoms with E-state index in [1.165, 1.54) is 32.1 Å². The molecule has 3 rings (SSSR count). The molecule has 22 heavy (non-hydrogen) atoms. The Bertz CT molecular complexity index is 726. The van der Waals surface area contributed by atoms with Gasteiger partial charge in [0.15, 0.2) is 5.43 Å². The van der Waals surface area contributed by atoms with E-state index < -0.39 is 0 Å². The monoisotopic (exact) mass is 298 g/mol. The SMILES string of the molecule is Cc1ccc2[nH]c(C)c(CN(C)C3CCCCC3)c(=O)c2c1. The molecule has 1 N–H and O–H groups in total. The molecule has 3 nitrogen and oxygen atoms in total. The number of hydrogen-bond donors (Lipinski definition) is 1. The Kier molecular flexibility index (Phi) is 4.34. The minimum Gasteiger partial charge on any atom is -0.358 e.